The van der Waals surface area contributed by atoms with Gasteiger partial charge in [-0.15, -0.1) is 0 Å². The van der Waals surface area contributed by atoms with Crippen molar-refractivity contribution in [2.75, 3.05) is 19.8 Å². The second-order valence-electron chi connectivity index (χ2n) is 8.91. The number of ketones is 1. The molecule has 0 aromatic heterocycles. The van der Waals surface area contributed by atoms with Crippen LogP contribution in [0.1, 0.15) is 43.9 Å². The summed E-state index contributed by atoms with van der Waals surface area (Å²) in [5.41, 5.74) is 0.919. The Labute approximate surface area is 193 Å². The third-order valence-electron chi connectivity index (χ3n) is 5.84. The minimum atomic E-state index is -0.832. The first-order valence-electron chi connectivity index (χ1n) is 11.3. The van der Waals surface area contributed by atoms with Crippen molar-refractivity contribution in [1.82, 2.24) is 4.90 Å². The number of aliphatic hydroxyl groups excluding tert-OH is 1. The molecule has 0 aliphatic carbocycles. The predicted molar refractivity (Wildman–Crippen MR) is 123 cm³/mol. The van der Waals surface area contributed by atoms with Crippen molar-refractivity contribution in [3.63, 3.8) is 0 Å². The van der Waals surface area contributed by atoms with Crippen LogP contribution in [0.3, 0.4) is 0 Å². The predicted octanol–water partition coefficient (Wildman–Crippen LogP) is 4.03. The van der Waals surface area contributed by atoms with Crippen LogP contribution in [0.25, 0.3) is 5.76 Å². The molecule has 7 nitrogen and oxygen atoms in total. The van der Waals surface area contributed by atoms with Crippen molar-refractivity contribution in [2.45, 2.75) is 38.8 Å². The van der Waals surface area contributed by atoms with Gasteiger partial charge >= 0.3 is 0 Å². The summed E-state index contributed by atoms with van der Waals surface area (Å²) < 4.78 is 11.5. The number of aliphatic hydroxyl groups is 1. The first kappa shape index (κ1) is 22.9. The first-order valence-corrected chi connectivity index (χ1v) is 11.3. The second-order valence-corrected chi connectivity index (χ2v) is 8.91. The molecule has 0 radical (unpaired) electrons. The van der Waals surface area contributed by atoms with Gasteiger partial charge in [-0.05, 0) is 48.6 Å². The Hall–Kier alpha value is -3.32. The molecule has 7 heteroatoms. The van der Waals surface area contributed by atoms with Gasteiger partial charge in [0, 0.05) is 18.7 Å². The zero-order chi connectivity index (χ0) is 23.5. The van der Waals surface area contributed by atoms with E-state index in [-0.39, 0.29) is 29.7 Å². The van der Waals surface area contributed by atoms with E-state index in [2.05, 4.69) is 0 Å². The van der Waals surface area contributed by atoms with Crippen LogP contribution in [0.4, 0.5) is 0 Å². The van der Waals surface area contributed by atoms with Gasteiger partial charge in [0.1, 0.15) is 17.3 Å². The van der Waals surface area contributed by atoms with Gasteiger partial charge < -0.3 is 24.6 Å². The highest BCUT2D eigenvalue weighted by atomic mass is 16.5. The van der Waals surface area contributed by atoms with Crippen LogP contribution in [0.15, 0.2) is 54.1 Å². The molecule has 2 aromatic rings. The fourth-order valence-electron chi connectivity index (χ4n) is 4.27. The third kappa shape index (κ3) is 4.88. The topological polar surface area (TPSA) is 96.3 Å². The maximum atomic E-state index is 13.1. The number of aromatic hydroxyl groups is 1. The van der Waals surface area contributed by atoms with Gasteiger partial charge in [0.05, 0.1) is 24.3 Å². The molecular formula is C26H29NO6. The summed E-state index contributed by atoms with van der Waals surface area (Å²) in [6, 6.07) is 12.4. The minimum Gasteiger partial charge on any atom is -0.508 e. The van der Waals surface area contributed by atoms with Crippen LogP contribution in [0, 0.1) is 5.92 Å². The normalized spacial score (nSPS) is 22.3. The van der Waals surface area contributed by atoms with Crippen LogP contribution in [-0.2, 0) is 14.3 Å². The van der Waals surface area contributed by atoms with Crippen LogP contribution >= 0.6 is 0 Å². The summed E-state index contributed by atoms with van der Waals surface area (Å²) >= 11 is 0. The highest BCUT2D eigenvalue weighted by Gasteiger charge is 2.47. The Bertz CT molecular complexity index is 1070. The summed E-state index contributed by atoms with van der Waals surface area (Å²) in [6.45, 7) is 5.44. The maximum absolute atomic E-state index is 13.1. The summed E-state index contributed by atoms with van der Waals surface area (Å²) in [6.07, 6.45) is 1.52. The lowest BCUT2D eigenvalue weighted by molar-refractivity contribution is -0.140. The lowest BCUT2D eigenvalue weighted by Crippen LogP contribution is -2.36. The molecule has 0 bridgehead atoms. The SMILES string of the molecule is CC(C)COc1cccc(/C(O)=C2/C(=O)C(=O)N(CC3CCCO3)C2c2cccc(O)c2)c1. The van der Waals surface area contributed by atoms with Crippen molar-refractivity contribution < 1.29 is 29.3 Å². The van der Waals surface area contributed by atoms with Gasteiger partial charge in [0.25, 0.3) is 11.7 Å². The monoisotopic (exact) mass is 451 g/mol. The Morgan fingerprint density at radius 3 is 2.67 bits per heavy atom. The Morgan fingerprint density at radius 1 is 1.18 bits per heavy atom. The Balaban J connectivity index is 1.77. The second kappa shape index (κ2) is 9.67. The highest BCUT2D eigenvalue weighted by Crippen LogP contribution is 2.41. The number of phenolic OH excluding ortho intramolecular Hbond substituents is 1. The van der Waals surface area contributed by atoms with Crippen molar-refractivity contribution in [3.8, 4) is 11.5 Å². The number of likely N-dealkylation sites (tertiary alicyclic amines) is 1. The van der Waals surface area contributed by atoms with Gasteiger partial charge in [-0.3, -0.25) is 9.59 Å². The third-order valence-corrected chi connectivity index (χ3v) is 5.84. The largest absolute Gasteiger partial charge is 0.508 e. The van der Waals surface area contributed by atoms with E-state index in [1.807, 2.05) is 13.8 Å². The van der Waals surface area contributed by atoms with Crippen LogP contribution in [0.5, 0.6) is 11.5 Å². The van der Waals surface area contributed by atoms with Gasteiger partial charge in [-0.1, -0.05) is 38.1 Å². The molecule has 2 N–H and O–H groups in total. The number of carbonyl (C=O) groups excluding carboxylic acids is 2. The quantitative estimate of drug-likeness (QED) is 0.375. The lowest BCUT2D eigenvalue weighted by Gasteiger charge is -2.27. The van der Waals surface area contributed by atoms with Crippen LogP contribution in [0.2, 0.25) is 0 Å². The number of hydrogen-bond acceptors (Lipinski definition) is 6. The number of rotatable bonds is 7. The molecule has 2 heterocycles. The number of Topliss-reactive ketones (excluding diaryl/α,β-unsaturated/α-hetero) is 1. The van der Waals surface area contributed by atoms with E-state index >= 15 is 0 Å². The van der Waals surface area contributed by atoms with E-state index in [0.29, 0.717) is 36.0 Å². The number of amides is 1. The average Bonchev–Trinajstić information content (AvgIpc) is 3.40. The molecule has 2 aromatic carbocycles. The smallest absolute Gasteiger partial charge is 0.295 e. The number of nitrogens with zero attached hydrogens (tertiary/aromatic N) is 1. The molecule has 0 spiro atoms. The van der Waals surface area contributed by atoms with Crippen LogP contribution < -0.4 is 4.74 Å². The molecule has 2 fully saturated rings. The average molecular weight is 452 g/mol. The van der Waals surface area contributed by atoms with Crippen LogP contribution in [-0.4, -0.2) is 52.7 Å². The first-order chi connectivity index (χ1) is 15.8. The van der Waals surface area contributed by atoms with Crippen molar-refractivity contribution >= 4 is 17.4 Å². The molecule has 174 valence electrons. The standard InChI is InChI=1S/C26H29NO6/c1-16(2)15-33-20-9-4-7-18(13-20)24(29)22-23(17-6-3-8-19(28)12-17)27(26(31)25(22)30)14-21-10-5-11-32-21/h3-4,6-9,12-13,16,21,23,28-29H,5,10-11,14-15H2,1-2H3/b24-22-. The zero-order valence-electron chi connectivity index (χ0n) is 18.9. The fourth-order valence-corrected chi connectivity index (χ4v) is 4.27. The summed E-state index contributed by atoms with van der Waals surface area (Å²) in [7, 11) is 0. The summed E-state index contributed by atoms with van der Waals surface area (Å²) in [5, 5.41) is 21.3. The molecule has 33 heavy (non-hydrogen) atoms. The molecule has 2 saturated heterocycles. The van der Waals surface area contributed by atoms with E-state index in [1.54, 1.807) is 36.4 Å². The molecule has 2 unspecified atom stereocenters. The van der Waals surface area contributed by atoms with Gasteiger partial charge in [0.15, 0.2) is 0 Å². The molecule has 2 aliphatic heterocycles. The van der Waals surface area contributed by atoms with Crippen molar-refractivity contribution in [2.24, 2.45) is 5.92 Å². The summed E-state index contributed by atoms with van der Waals surface area (Å²) in [4.78, 5) is 27.6. The van der Waals surface area contributed by atoms with Gasteiger partial charge in [-0.25, -0.2) is 0 Å². The van der Waals surface area contributed by atoms with Gasteiger partial charge in [0.2, 0.25) is 0 Å². The molecule has 1 amide bonds. The number of ether oxygens (including phenoxy) is 2. The van der Waals surface area contributed by atoms with Gasteiger partial charge in [-0.2, -0.15) is 0 Å². The molecule has 2 aliphatic rings. The minimum absolute atomic E-state index is 0.00962. The number of benzene rings is 2. The maximum Gasteiger partial charge on any atom is 0.295 e. The fraction of sp³-hybridized carbons (Fsp3) is 0.385. The van der Waals surface area contributed by atoms with E-state index < -0.39 is 17.7 Å². The number of carbonyl (C=O) groups is 2. The Morgan fingerprint density at radius 2 is 1.97 bits per heavy atom. The zero-order valence-corrected chi connectivity index (χ0v) is 18.9. The molecule has 2 atom stereocenters. The van der Waals surface area contributed by atoms with E-state index in [1.165, 1.54) is 17.0 Å². The van der Waals surface area contributed by atoms with Crippen molar-refractivity contribution in [3.05, 3.63) is 65.2 Å². The molecular weight excluding hydrogens is 422 g/mol. The molecule has 0 saturated carbocycles. The van der Waals surface area contributed by atoms with Crippen molar-refractivity contribution in [1.29, 1.82) is 0 Å². The lowest BCUT2D eigenvalue weighted by atomic mass is 9.95. The molecule has 4 rings (SSSR count). The van der Waals surface area contributed by atoms with E-state index in [0.717, 1.165) is 12.8 Å². The highest BCUT2D eigenvalue weighted by molar-refractivity contribution is 6.46. The Kier molecular flexibility index (Phi) is 6.70. The van der Waals surface area contributed by atoms with E-state index in [4.69, 9.17) is 9.47 Å². The van der Waals surface area contributed by atoms with E-state index in [9.17, 15) is 19.8 Å². The summed E-state index contributed by atoms with van der Waals surface area (Å²) in [5.74, 6) is -0.808. The number of phenols is 1. The number of hydrogen-bond donors (Lipinski definition) is 2.